The molecule has 0 spiro atoms. The minimum Gasteiger partial charge on any atom is -0.496 e. The molecule has 1 rings (SSSR count). The summed E-state index contributed by atoms with van der Waals surface area (Å²) in [7, 11) is 3.47. The quantitative estimate of drug-likeness (QED) is 0.838. The maximum Gasteiger partial charge on any atom is 0.317 e. The Morgan fingerprint density at radius 1 is 1.33 bits per heavy atom. The van der Waals surface area contributed by atoms with Crippen molar-refractivity contribution in [2.75, 3.05) is 27.2 Å². The van der Waals surface area contributed by atoms with E-state index in [1.165, 1.54) is 11.1 Å². The number of carboxylic acids is 1. The van der Waals surface area contributed by atoms with E-state index in [2.05, 4.69) is 19.9 Å². The second kappa shape index (κ2) is 6.40. The van der Waals surface area contributed by atoms with E-state index in [4.69, 9.17) is 9.84 Å². The Balaban J connectivity index is 2.72. The van der Waals surface area contributed by atoms with Gasteiger partial charge in [-0.15, -0.1) is 0 Å². The van der Waals surface area contributed by atoms with Crippen molar-refractivity contribution in [2.24, 2.45) is 0 Å². The predicted molar refractivity (Wildman–Crippen MR) is 71.3 cm³/mol. The van der Waals surface area contributed by atoms with Crippen LogP contribution in [0.4, 0.5) is 0 Å². The molecule has 0 unspecified atom stereocenters. The van der Waals surface area contributed by atoms with Crippen LogP contribution in [0.2, 0.25) is 0 Å². The van der Waals surface area contributed by atoms with E-state index in [-0.39, 0.29) is 6.54 Å². The lowest BCUT2D eigenvalue weighted by atomic mass is 10.0. The van der Waals surface area contributed by atoms with Crippen LogP contribution in [0.5, 0.6) is 5.75 Å². The van der Waals surface area contributed by atoms with E-state index in [9.17, 15) is 4.79 Å². The van der Waals surface area contributed by atoms with Crippen LogP contribution in [0, 0.1) is 13.8 Å². The first-order valence-electron chi connectivity index (χ1n) is 5.98. The minimum absolute atomic E-state index is 0.0627. The van der Waals surface area contributed by atoms with E-state index in [0.29, 0.717) is 6.54 Å². The monoisotopic (exact) mass is 251 g/mol. The largest absolute Gasteiger partial charge is 0.496 e. The fraction of sp³-hybridized carbons (Fsp3) is 0.500. The van der Waals surface area contributed by atoms with Gasteiger partial charge in [-0.05, 0) is 50.1 Å². The Kier molecular flexibility index (Phi) is 5.16. The van der Waals surface area contributed by atoms with Gasteiger partial charge in [0.25, 0.3) is 0 Å². The molecule has 0 amide bonds. The number of aliphatic carboxylic acids is 1. The number of nitrogens with zero attached hydrogens (tertiary/aromatic N) is 1. The molecule has 0 aromatic heterocycles. The molecule has 1 aromatic carbocycles. The number of rotatable bonds is 6. The Bertz CT molecular complexity index is 429. The number of likely N-dealkylation sites (N-methyl/N-ethyl adjacent to an activating group) is 1. The van der Waals surface area contributed by atoms with Gasteiger partial charge in [0.1, 0.15) is 5.75 Å². The van der Waals surface area contributed by atoms with E-state index in [1.807, 2.05) is 13.1 Å². The Morgan fingerprint density at radius 3 is 2.50 bits per heavy atom. The summed E-state index contributed by atoms with van der Waals surface area (Å²) in [6, 6.07) is 4.14. The summed E-state index contributed by atoms with van der Waals surface area (Å²) < 4.78 is 5.36. The van der Waals surface area contributed by atoms with Gasteiger partial charge < -0.3 is 9.84 Å². The van der Waals surface area contributed by atoms with Gasteiger partial charge in [-0.25, -0.2) is 0 Å². The summed E-state index contributed by atoms with van der Waals surface area (Å²) in [4.78, 5) is 12.4. The van der Waals surface area contributed by atoms with Crippen molar-refractivity contribution in [1.82, 2.24) is 4.90 Å². The number of ether oxygens (including phenoxy) is 1. The molecule has 0 bridgehead atoms. The van der Waals surface area contributed by atoms with Gasteiger partial charge in [-0.2, -0.15) is 0 Å². The first-order valence-corrected chi connectivity index (χ1v) is 5.98. The topological polar surface area (TPSA) is 49.8 Å². The number of methoxy groups -OCH3 is 1. The van der Waals surface area contributed by atoms with Gasteiger partial charge in [0.15, 0.2) is 0 Å². The number of hydrogen-bond donors (Lipinski definition) is 1. The zero-order valence-electron chi connectivity index (χ0n) is 11.5. The highest BCUT2D eigenvalue weighted by molar-refractivity contribution is 5.69. The van der Waals surface area contributed by atoms with Crippen molar-refractivity contribution in [2.45, 2.75) is 20.3 Å². The molecule has 1 N–H and O–H groups in total. The van der Waals surface area contributed by atoms with Crippen molar-refractivity contribution in [1.29, 1.82) is 0 Å². The van der Waals surface area contributed by atoms with Crippen LogP contribution in [0.1, 0.15) is 16.7 Å². The van der Waals surface area contributed by atoms with Crippen molar-refractivity contribution < 1.29 is 14.6 Å². The molecule has 0 saturated heterocycles. The maximum absolute atomic E-state index is 10.6. The standard InChI is InChI=1S/C14H21NO3/c1-10-7-12(13(18-4)8-11(10)2)5-6-15(3)9-14(16)17/h7-8H,5-6,9H2,1-4H3,(H,16,17). The minimum atomic E-state index is -0.801. The lowest BCUT2D eigenvalue weighted by Crippen LogP contribution is -2.27. The normalized spacial score (nSPS) is 10.7. The molecule has 0 heterocycles. The summed E-state index contributed by atoms with van der Waals surface area (Å²) in [5.41, 5.74) is 3.55. The number of hydrogen-bond acceptors (Lipinski definition) is 3. The zero-order valence-corrected chi connectivity index (χ0v) is 11.5. The number of aryl methyl sites for hydroxylation is 2. The summed E-state index contributed by atoms with van der Waals surface area (Å²) in [5, 5.41) is 8.70. The van der Waals surface area contributed by atoms with Crippen molar-refractivity contribution in [3.8, 4) is 5.75 Å². The van der Waals surface area contributed by atoms with Gasteiger partial charge in [-0.1, -0.05) is 6.07 Å². The number of carbonyl (C=O) groups is 1. The van der Waals surface area contributed by atoms with Crippen LogP contribution in [-0.2, 0) is 11.2 Å². The molecule has 4 nitrogen and oxygen atoms in total. The molecular formula is C14H21NO3. The molecule has 1 aromatic rings. The molecule has 0 aliphatic carbocycles. The highest BCUT2D eigenvalue weighted by atomic mass is 16.5. The predicted octanol–water partition coefficient (Wildman–Crippen LogP) is 1.87. The Labute approximate surface area is 108 Å². The summed E-state index contributed by atoms with van der Waals surface area (Å²) in [5.74, 6) is 0.0753. The molecule has 100 valence electrons. The average molecular weight is 251 g/mol. The zero-order chi connectivity index (χ0) is 13.7. The Hall–Kier alpha value is -1.55. The van der Waals surface area contributed by atoms with Gasteiger partial charge in [0.05, 0.1) is 13.7 Å². The van der Waals surface area contributed by atoms with E-state index >= 15 is 0 Å². The van der Waals surface area contributed by atoms with Crippen LogP contribution in [-0.4, -0.2) is 43.2 Å². The SMILES string of the molecule is COc1cc(C)c(C)cc1CCN(C)CC(=O)O. The van der Waals surface area contributed by atoms with Crippen LogP contribution >= 0.6 is 0 Å². The molecule has 0 atom stereocenters. The van der Waals surface area contributed by atoms with Gasteiger partial charge in [0.2, 0.25) is 0 Å². The summed E-state index contributed by atoms with van der Waals surface area (Å²) in [6.45, 7) is 4.88. The van der Waals surface area contributed by atoms with Crippen LogP contribution in [0.25, 0.3) is 0 Å². The number of carboxylic acid groups (broad SMARTS) is 1. The fourth-order valence-corrected chi connectivity index (χ4v) is 1.86. The molecule has 0 saturated carbocycles. The molecule has 0 aliphatic heterocycles. The first-order chi connectivity index (χ1) is 8.43. The summed E-state index contributed by atoms with van der Waals surface area (Å²) in [6.07, 6.45) is 0.786. The molecule has 0 fully saturated rings. The molecule has 18 heavy (non-hydrogen) atoms. The highest BCUT2D eigenvalue weighted by Crippen LogP contribution is 2.23. The second-order valence-electron chi connectivity index (χ2n) is 4.63. The Morgan fingerprint density at radius 2 is 1.94 bits per heavy atom. The van der Waals surface area contributed by atoms with E-state index in [1.54, 1.807) is 12.0 Å². The lowest BCUT2D eigenvalue weighted by molar-refractivity contribution is -0.137. The van der Waals surface area contributed by atoms with E-state index in [0.717, 1.165) is 17.7 Å². The fourth-order valence-electron chi connectivity index (χ4n) is 1.86. The molecule has 0 aliphatic rings. The van der Waals surface area contributed by atoms with Crippen LogP contribution in [0.15, 0.2) is 12.1 Å². The van der Waals surface area contributed by atoms with Gasteiger partial charge >= 0.3 is 5.97 Å². The van der Waals surface area contributed by atoms with E-state index < -0.39 is 5.97 Å². The van der Waals surface area contributed by atoms with Gasteiger partial charge in [0, 0.05) is 6.54 Å². The molecular weight excluding hydrogens is 230 g/mol. The van der Waals surface area contributed by atoms with Crippen molar-refractivity contribution >= 4 is 5.97 Å². The van der Waals surface area contributed by atoms with Crippen LogP contribution in [0.3, 0.4) is 0 Å². The third-order valence-electron chi connectivity index (χ3n) is 3.06. The third kappa shape index (κ3) is 4.04. The first kappa shape index (κ1) is 14.5. The van der Waals surface area contributed by atoms with Crippen molar-refractivity contribution in [3.63, 3.8) is 0 Å². The third-order valence-corrected chi connectivity index (χ3v) is 3.06. The smallest absolute Gasteiger partial charge is 0.317 e. The molecule has 4 heteroatoms. The van der Waals surface area contributed by atoms with Crippen LogP contribution < -0.4 is 4.74 Å². The molecule has 0 radical (unpaired) electrons. The summed E-state index contributed by atoms with van der Waals surface area (Å²) >= 11 is 0. The van der Waals surface area contributed by atoms with Crippen molar-refractivity contribution in [3.05, 3.63) is 28.8 Å². The van der Waals surface area contributed by atoms with Gasteiger partial charge in [-0.3, -0.25) is 9.69 Å². The number of benzene rings is 1. The second-order valence-corrected chi connectivity index (χ2v) is 4.63. The lowest BCUT2D eigenvalue weighted by Gasteiger charge is -2.16. The average Bonchev–Trinajstić information content (AvgIpc) is 2.29. The maximum atomic E-state index is 10.6. The highest BCUT2D eigenvalue weighted by Gasteiger charge is 2.09.